The first-order valence-electron chi connectivity index (χ1n) is 5.83. The molecule has 0 spiro atoms. The van der Waals surface area contributed by atoms with E-state index in [9.17, 15) is 5.11 Å². The smallest absolute Gasteiger partial charge is 0.200 e. The molecule has 0 aromatic carbocycles. The van der Waals surface area contributed by atoms with Crippen LogP contribution in [-0.2, 0) is 6.54 Å². The molecule has 2 heterocycles. The van der Waals surface area contributed by atoms with Gasteiger partial charge in [-0.1, -0.05) is 11.8 Å². The summed E-state index contributed by atoms with van der Waals surface area (Å²) in [5.41, 5.74) is -0.722. The van der Waals surface area contributed by atoms with E-state index < -0.39 is 5.60 Å². The molecule has 2 aromatic rings. The summed E-state index contributed by atoms with van der Waals surface area (Å²) < 4.78 is 7.32. The molecule has 0 aliphatic heterocycles. The number of hydrogen-bond acceptors (Lipinski definition) is 5. The van der Waals surface area contributed by atoms with Crippen molar-refractivity contribution >= 4 is 11.8 Å². The minimum absolute atomic E-state index is 0.573. The van der Waals surface area contributed by atoms with E-state index in [1.165, 1.54) is 11.8 Å². The molecule has 0 fully saturated rings. The molecule has 0 atom stereocenters. The van der Waals surface area contributed by atoms with Crippen LogP contribution in [-0.4, -0.2) is 31.2 Å². The highest BCUT2D eigenvalue weighted by Crippen LogP contribution is 2.26. The maximum absolute atomic E-state index is 9.74. The van der Waals surface area contributed by atoms with Crippen LogP contribution in [0.15, 0.2) is 28.0 Å². The van der Waals surface area contributed by atoms with Gasteiger partial charge in [0.15, 0.2) is 16.7 Å². The lowest BCUT2D eigenvalue weighted by Crippen LogP contribution is -2.22. The number of aromatic nitrogens is 3. The van der Waals surface area contributed by atoms with Crippen molar-refractivity contribution in [3.8, 4) is 11.6 Å². The quantitative estimate of drug-likeness (QED) is 0.843. The van der Waals surface area contributed by atoms with Crippen LogP contribution in [0.25, 0.3) is 11.6 Å². The first-order chi connectivity index (χ1) is 8.51. The van der Waals surface area contributed by atoms with Crippen molar-refractivity contribution in [2.45, 2.75) is 38.1 Å². The summed E-state index contributed by atoms with van der Waals surface area (Å²) in [5, 5.41) is 18.8. The Morgan fingerprint density at radius 2 is 2.22 bits per heavy atom. The maximum Gasteiger partial charge on any atom is 0.200 e. The number of hydrogen-bond donors (Lipinski definition) is 1. The van der Waals surface area contributed by atoms with E-state index >= 15 is 0 Å². The zero-order chi connectivity index (χ0) is 13.2. The topological polar surface area (TPSA) is 64.1 Å². The molecule has 0 saturated heterocycles. The van der Waals surface area contributed by atoms with Crippen LogP contribution in [0.4, 0.5) is 0 Å². The van der Waals surface area contributed by atoms with Crippen LogP contribution in [0, 0.1) is 0 Å². The van der Waals surface area contributed by atoms with Crippen molar-refractivity contribution < 1.29 is 9.52 Å². The van der Waals surface area contributed by atoms with Gasteiger partial charge in [0.25, 0.3) is 0 Å². The van der Waals surface area contributed by atoms with Crippen molar-refractivity contribution in [2.75, 3.05) is 5.75 Å². The third-order valence-corrected chi connectivity index (χ3v) is 3.74. The van der Waals surface area contributed by atoms with E-state index in [4.69, 9.17) is 4.42 Å². The summed E-state index contributed by atoms with van der Waals surface area (Å²) in [4.78, 5) is 0. The third kappa shape index (κ3) is 2.94. The summed E-state index contributed by atoms with van der Waals surface area (Å²) in [7, 11) is 0. The fourth-order valence-electron chi connectivity index (χ4n) is 1.51. The van der Waals surface area contributed by atoms with Crippen LogP contribution >= 0.6 is 11.8 Å². The standard InChI is InChI=1S/C12H17N3O2S/c1-4-15-10(9-6-5-7-17-9)13-14-11(15)18-8-12(2,3)16/h5-7,16H,4,8H2,1-3H3. The van der Waals surface area contributed by atoms with E-state index in [1.54, 1.807) is 20.1 Å². The molecule has 0 radical (unpaired) electrons. The van der Waals surface area contributed by atoms with Crippen LogP contribution < -0.4 is 0 Å². The summed E-state index contributed by atoms with van der Waals surface area (Å²) in [5.74, 6) is 2.00. The molecule has 2 rings (SSSR count). The molecule has 0 amide bonds. The van der Waals surface area contributed by atoms with Crippen LogP contribution in [0.2, 0.25) is 0 Å². The Kier molecular flexibility index (Phi) is 3.77. The molecule has 0 aliphatic carbocycles. The minimum Gasteiger partial charge on any atom is -0.461 e. The predicted octanol–water partition coefficient (Wildman–Crippen LogP) is 2.42. The number of nitrogens with zero attached hydrogens (tertiary/aromatic N) is 3. The van der Waals surface area contributed by atoms with Crippen molar-refractivity contribution in [3.05, 3.63) is 18.4 Å². The molecule has 6 heteroatoms. The molecule has 0 aliphatic rings. The Labute approximate surface area is 110 Å². The average molecular weight is 267 g/mol. The first-order valence-corrected chi connectivity index (χ1v) is 6.82. The highest BCUT2D eigenvalue weighted by Gasteiger charge is 2.18. The van der Waals surface area contributed by atoms with Crippen molar-refractivity contribution in [1.82, 2.24) is 14.8 Å². The van der Waals surface area contributed by atoms with E-state index in [0.29, 0.717) is 11.5 Å². The number of furan rings is 1. The van der Waals surface area contributed by atoms with Crippen molar-refractivity contribution in [3.63, 3.8) is 0 Å². The van der Waals surface area contributed by atoms with Gasteiger partial charge in [0.1, 0.15) is 0 Å². The zero-order valence-corrected chi connectivity index (χ0v) is 11.6. The van der Waals surface area contributed by atoms with Crippen molar-refractivity contribution in [2.24, 2.45) is 0 Å². The summed E-state index contributed by atoms with van der Waals surface area (Å²) in [6.07, 6.45) is 1.62. The fourth-order valence-corrected chi connectivity index (χ4v) is 2.46. The van der Waals surface area contributed by atoms with Gasteiger partial charge in [0.05, 0.1) is 11.9 Å². The van der Waals surface area contributed by atoms with Crippen LogP contribution in [0.1, 0.15) is 20.8 Å². The fraction of sp³-hybridized carbons (Fsp3) is 0.500. The molecular formula is C12H17N3O2S. The lowest BCUT2D eigenvalue weighted by molar-refractivity contribution is 0.107. The molecule has 2 aromatic heterocycles. The van der Waals surface area contributed by atoms with Crippen molar-refractivity contribution in [1.29, 1.82) is 0 Å². The van der Waals surface area contributed by atoms with Gasteiger partial charge < -0.3 is 9.52 Å². The van der Waals surface area contributed by atoms with Gasteiger partial charge >= 0.3 is 0 Å². The second kappa shape index (κ2) is 5.16. The lowest BCUT2D eigenvalue weighted by atomic mass is 10.2. The SMILES string of the molecule is CCn1c(SCC(C)(C)O)nnc1-c1ccco1. The third-order valence-electron chi connectivity index (χ3n) is 2.33. The van der Waals surface area contributed by atoms with Gasteiger partial charge in [-0.3, -0.25) is 4.57 Å². The molecule has 0 saturated carbocycles. The lowest BCUT2D eigenvalue weighted by Gasteiger charge is -2.15. The van der Waals surface area contributed by atoms with E-state index in [1.807, 2.05) is 23.6 Å². The molecule has 1 N–H and O–H groups in total. The Hall–Kier alpha value is -1.27. The second-order valence-corrected chi connectivity index (χ2v) is 5.57. The van der Waals surface area contributed by atoms with Gasteiger partial charge in [0, 0.05) is 12.3 Å². The highest BCUT2D eigenvalue weighted by molar-refractivity contribution is 7.99. The molecular weight excluding hydrogens is 250 g/mol. The monoisotopic (exact) mass is 267 g/mol. The Morgan fingerprint density at radius 3 is 2.78 bits per heavy atom. The van der Waals surface area contributed by atoms with Gasteiger partial charge in [-0.15, -0.1) is 10.2 Å². The molecule has 0 unspecified atom stereocenters. The molecule has 98 valence electrons. The zero-order valence-electron chi connectivity index (χ0n) is 10.8. The average Bonchev–Trinajstić information content (AvgIpc) is 2.93. The van der Waals surface area contributed by atoms with Gasteiger partial charge in [-0.25, -0.2) is 0 Å². The Balaban J connectivity index is 2.23. The van der Waals surface area contributed by atoms with Gasteiger partial charge in [-0.05, 0) is 32.9 Å². The molecule has 5 nitrogen and oxygen atoms in total. The van der Waals surface area contributed by atoms with E-state index in [-0.39, 0.29) is 0 Å². The first kappa shape index (κ1) is 13.2. The minimum atomic E-state index is -0.722. The predicted molar refractivity (Wildman–Crippen MR) is 70.4 cm³/mol. The highest BCUT2D eigenvalue weighted by atomic mass is 32.2. The maximum atomic E-state index is 9.74. The summed E-state index contributed by atoms with van der Waals surface area (Å²) in [6, 6.07) is 3.69. The van der Waals surface area contributed by atoms with Crippen LogP contribution in [0.5, 0.6) is 0 Å². The number of thioether (sulfide) groups is 1. The normalized spacial score (nSPS) is 12.0. The van der Waals surface area contributed by atoms with Gasteiger partial charge in [0.2, 0.25) is 0 Å². The number of aliphatic hydroxyl groups is 1. The summed E-state index contributed by atoms with van der Waals surface area (Å²) >= 11 is 1.49. The Bertz CT molecular complexity index is 500. The van der Waals surface area contributed by atoms with E-state index in [0.717, 1.165) is 17.5 Å². The Morgan fingerprint density at radius 1 is 1.44 bits per heavy atom. The largest absolute Gasteiger partial charge is 0.461 e. The van der Waals surface area contributed by atoms with Gasteiger partial charge in [-0.2, -0.15) is 0 Å². The molecule has 0 bridgehead atoms. The summed E-state index contributed by atoms with van der Waals surface area (Å²) in [6.45, 7) is 6.35. The van der Waals surface area contributed by atoms with E-state index in [2.05, 4.69) is 10.2 Å². The molecule has 18 heavy (non-hydrogen) atoms. The number of rotatable bonds is 5. The second-order valence-electron chi connectivity index (χ2n) is 4.63. The van der Waals surface area contributed by atoms with Crippen LogP contribution in [0.3, 0.4) is 0 Å².